The fourth-order valence-electron chi connectivity index (χ4n) is 2.29. The van der Waals surface area contributed by atoms with Crippen LogP contribution in [0.2, 0.25) is 0 Å². The molecular formula is C7H13NO. The van der Waals surface area contributed by atoms with Crippen LogP contribution >= 0.6 is 0 Å². The van der Waals surface area contributed by atoms with Crippen LogP contribution in [0.1, 0.15) is 19.3 Å². The van der Waals surface area contributed by atoms with E-state index in [9.17, 15) is 5.11 Å². The first-order valence-electron chi connectivity index (χ1n) is 3.71. The van der Waals surface area contributed by atoms with E-state index in [1.54, 1.807) is 0 Å². The van der Waals surface area contributed by atoms with Gasteiger partial charge in [-0.05, 0) is 31.1 Å². The molecule has 2 heteroatoms. The summed E-state index contributed by atoms with van der Waals surface area (Å²) in [4.78, 5) is 0. The molecule has 4 unspecified atom stereocenters. The van der Waals surface area contributed by atoms with Gasteiger partial charge in [-0.25, -0.2) is 0 Å². The number of hydrogen-bond acceptors (Lipinski definition) is 2. The van der Waals surface area contributed by atoms with Gasteiger partial charge in [0.2, 0.25) is 0 Å². The minimum atomic E-state index is -0.0187. The molecule has 0 radical (unpaired) electrons. The highest BCUT2D eigenvalue weighted by Gasteiger charge is 2.43. The third kappa shape index (κ3) is 0.700. The van der Waals surface area contributed by atoms with Crippen molar-refractivity contribution in [3.63, 3.8) is 0 Å². The smallest absolute Gasteiger partial charge is 0.0572 e. The second-order valence-corrected chi connectivity index (χ2v) is 3.46. The first-order chi connectivity index (χ1) is 4.27. The van der Waals surface area contributed by atoms with Crippen molar-refractivity contribution in [2.45, 2.75) is 31.4 Å². The van der Waals surface area contributed by atoms with Gasteiger partial charge in [0.05, 0.1) is 6.10 Å². The van der Waals surface area contributed by atoms with E-state index in [-0.39, 0.29) is 6.10 Å². The summed E-state index contributed by atoms with van der Waals surface area (Å²) in [7, 11) is 0. The van der Waals surface area contributed by atoms with Gasteiger partial charge < -0.3 is 10.8 Å². The van der Waals surface area contributed by atoms with Gasteiger partial charge in [0.15, 0.2) is 0 Å². The SMILES string of the molecule is NC1CC2CC1CC2O. The summed E-state index contributed by atoms with van der Waals surface area (Å²) in [6.07, 6.45) is 3.19. The number of hydrogen-bond donors (Lipinski definition) is 2. The van der Waals surface area contributed by atoms with E-state index in [0.717, 1.165) is 12.8 Å². The molecule has 2 nitrogen and oxygen atoms in total. The summed E-state index contributed by atoms with van der Waals surface area (Å²) in [5.74, 6) is 1.19. The predicted molar refractivity (Wildman–Crippen MR) is 34.8 cm³/mol. The fraction of sp³-hybridized carbons (Fsp3) is 1.00. The maximum absolute atomic E-state index is 9.28. The van der Waals surface area contributed by atoms with Crippen LogP contribution in [0.25, 0.3) is 0 Å². The van der Waals surface area contributed by atoms with Gasteiger partial charge in [0.25, 0.3) is 0 Å². The Balaban J connectivity index is 2.10. The highest BCUT2D eigenvalue weighted by atomic mass is 16.3. The fourth-order valence-corrected chi connectivity index (χ4v) is 2.29. The summed E-state index contributed by atoms with van der Waals surface area (Å²) < 4.78 is 0. The van der Waals surface area contributed by atoms with E-state index in [1.807, 2.05) is 0 Å². The normalized spacial score (nSPS) is 56.7. The molecule has 0 spiro atoms. The molecule has 2 saturated carbocycles. The summed E-state index contributed by atoms with van der Waals surface area (Å²) in [6, 6.07) is 0.401. The summed E-state index contributed by atoms with van der Waals surface area (Å²) >= 11 is 0. The molecule has 0 aliphatic heterocycles. The Kier molecular flexibility index (Phi) is 1.08. The van der Waals surface area contributed by atoms with Crippen molar-refractivity contribution in [1.29, 1.82) is 0 Å². The van der Waals surface area contributed by atoms with Crippen LogP contribution in [0.5, 0.6) is 0 Å². The summed E-state index contributed by atoms with van der Waals surface area (Å²) in [5.41, 5.74) is 5.77. The molecule has 3 N–H and O–H groups in total. The zero-order chi connectivity index (χ0) is 6.43. The van der Waals surface area contributed by atoms with Crippen LogP contribution in [-0.2, 0) is 0 Å². The maximum atomic E-state index is 9.28. The molecule has 2 aliphatic rings. The topological polar surface area (TPSA) is 46.2 Å². The third-order valence-corrected chi connectivity index (χ3v) is 2.87. The van der Waals surface area contributed by atoms with Crippen molar-refractivity contribution >= 4 is 0 Å². The molecular weight excluding hydrogens is 114 g/mol. The van der Waals surface area contributed by atoms with Crippen molar-refractivity contribution in [1.82, 2.24) is 0 Å². The summed E-state index contributed by atoms with van der Waals surface area (Å²) in [6.45, 7) is 0. The molecule has 4 atom stereocenters. The van der Waals surface area contributed by atoms with Crippen LogP contribution in [-0.4, -0.2) is 17.3 Å². The number of rotatable bonds is 0. The standard InChI is InChI=1S/C7H13NO/c8-6-2-5-1-4(6)3-7(5)9/h4-7,9H,1-3,8H2. The molecule has 2 bridgehead atoms. The van der Waals surface area contributed by atoms with Gasteiger partial charge in [-0.15, -0.1) is 0 Å². The van der Waals surface area contributed by atoms with Crippen molar-refractivity contribution in [2.24, 2.45) is 17.6 Å². The molecule has 9 heavy (non-hydrogen) atoms. The van der Waals surface area contributed by atoms with Gasteiger partial charge in [0, 0.05) is 6.04 Å². The number of fused-ring (bicyclic) bond motifs is 2. The molecule has 2 aliphatic carbocycles. The van der Waals surface area contributed by atoms with Gasteiger partial charge in [-0.1, -0.05) is 0 Å². The highest BCUT2D eigenvalue weighted by molar-refractivity contribution is 4.97. The second kappa shape index (κ2) is 1.70. The van der Waals surface area contributed by atoms with E-state index in [2.05, 4.69) is 0 Å². The lowest BCUT2D eigenvalue weighted by molar-refractivity contribution is 0.108. The van der Waals surface area contributed by atoms with E-state index in [1.165, 1.54) is 6.42 Å². The number of aliphatic hydroxyl groups is 1. The Hall–Kier alpha value is -0.0800. The second-order valence-electron chi connectivity index (χ2n) is 3.46. The molecule has 0 aromatic heterocycles. The number of aliphatic hydroxyl groups excluding tert-OH is 1. The van der Waals surface area contributed by atoms with Crippen LogP contribution in [0.4, 0.5) is 0 Å². The van der Waals surface area contributed by atoms with Crippen LogP contribution in [0, 0.1) is 11.8 Å². The maximum Gasteiger partial charge on any atom is 0.0572 e. The predicted octanol–water partition coefficient (Wildman–Crippen LogP) is 0.104. The lowest BCUT2D eigenvalue weighted by Crippen LogP contribution is -2.31. The zero-order valence-corrected chi connectivity index (χ0v) is 5.46. The minimum absolute atomic E-state index is 0.0187. The van der Waals surface area contributed by atoms with E-state index >= 15 is 0 Å². The number of nitrogens with two attached hydrogens (primary N) is 1. The Morgan fingerprint density at radius 3 is 2.22 bits per heavy atom. The van der Waals surface area contributed by atoms with Crippen LogP contribution in [0.15, 0.2) is 0 Å². The first-order valence-corrected chi connectivity index (χ1v) is 3.71. The Bertz CT molecular complexity index is 108. The molecule has 2 fully saturated rings. The monoisotopic (exact) mass is 127 g/mol. The Morgan fingerprint density at radius 1 is 1.11 bits per heavy atom. The lowest BCUT2D eigenvalue weighted by atomic mass is 9.94. The molecule has 0 saturated heterocycles. The highest BCUT2D eigenvalue weighted by Crippen LogP contribution is 2.43. The molecule has 0 amide bonds. The lowest BCUT2D eigenvalue weighted by Gasteiger charge is -2.20. The van der Waals surface area contributed by atoms with Crippen molar-refractivity contribution in [3.8, 4) is 0 Å². The van der Waals surface area contributed by atoms with Gasteiger partial charge in [-0.3, -0.25) is 0 Å². The average molecular weight is 127 g/mol. The zero-order valence-electron chi connectivity index (χ0n) is 5.46. The molecule has 2 rings (SSSR count). The first kappa shape index (κ1) is 5.69. The van der Waals surface area contributed by atoms with Gasteiger partial charge >= 0.3 is 0 Å². The summed E-state index contributed by atoms with van der Waals surface area (Å²) in [5, 5.41) is 9.28. The van der Waals surface area contributed by atoms with Crippen LogP contribution < -0.4 is 5.73 Å². The Labute approximate surface area is 55.1 Å². The van der Waals surface area contributed by atoms with Gasteiger partial charge in [0.1, 0.15) is 0 Å². The average Bonchev–Trinajstić information content (AvgIpc) is 2.24. The van der Waals surface area contributed by atoms with Gasteiger partial charge in [-0.2, -0.15) is 0 Å². The van der Waals surface area contributed by atoms with E-state index in [4.69, 9.17) is 5.73 Å². The van der Waals surface area contributed by atoms with Crippen molar-refractivity contribution in [2.75, 3.05) is 0 Å². The molecule has 0 aromatic carbocycles. The Morgan fingerprint density at radius 2 is 1.89 bits per heavy atom. The minimum Gasteiger partial charge on any atom is -0.393 e. The van der Waals surface area contributed by atoms with Crippen LogP contribution in [0.3, 0.4) is 0 Å². The van der Waals surface area contributed by atoms with E-state index < -0.39 is 0 Å². The van der Waals surface area contributed by atoms with Crippen molar-refractivity contribution < 1.29 is 5.11 Å². The van der Waals surface area contributed by atoms with Crippen molar-refractivity contribution in [3.05, 3.63) is 0 Å². The van der Waals surface area contributed by atoms with E-state index in [0.29, 0.717) is 17.9 Å². The molecule has 52 valence electrons. The quantitative estimate of drug-likeness (QED) is 0.485. The largest absolute Gasteiger partial charge is 0.393 e. The molecule has 0 aromatic rings. The molecule has 0 heterocycles. The third-order valence-electron chi connectivity index (χ3n) is 2.87.